The van der Waals surface area contributed by atoms with Gasteiger partial charge in [0, 0.05) is 13.1 Å². The molecule has 0 bridgehead atoms. The topological polar surface area (TPSA) is 46.6 Å². The molecule has 7 heteroatoms. The van der Waals surface area contributed by atoms with E-state index in [0.717, 1.165) is 0 Å². The summed E-state index contributed by atoms with van der Waals surface area (Å²) in [4.78, 5) is 0. The highest BCUT2D eigenvalue weighted by Crippen LogP contribution is 2.24. The molecule has 2 aromatic rings. The van der Waals surface area contributed by atoms with Gasteiger partial charge in [0.05, 0.1) is 7.11 Å². The number of rotatable bonds is 6. The van der Waals surface area contributed by atoms with Crippen LogP contribution in [0.2, 0.25) is 0 Å². The van der Waals surface area contributed by atoms with Gasteiger partial charge in [-0.15, -0.1) is 11.3 Å². The summed E-state index contributed by atoms with van der Waals surface area (Å²) in [6, 6.07) is 7.71. The summed E-state index contributed by atoms with van der Waals surface area (Å²) < 4.78 is 45.1. The van der Waals surface area contributed by atoms with Crippen molar-refractivity contribution >= 4 is 21.4 Å². The van der Waals surface area contributed by atoms with Crippen LogP contribution >= 0.6 is 11.3 Å². The quantitative estimate of drug-likeness (QED) is 0.818. The maximum Gasteiger partial charge on any atom is 0.252 e. The minimum absolute atomic E-state index is 0.123. The Morgan fingerprint density at radius 2 is 2.10 bits per heavy atom. The molecule has 0 fully saturated rings. The van der Waals surface area contributed by atoms with Crippen LogP contribution in [0.4, 0.5) is 4.39 Å². The number of hydrogen-bond acceptors (Lipinski definition) is 4. The maximum absolute atomic E-state index is 13.7. The van der Waals surface area contributed by atoms with Crippen LogP contribution in [-0.4, -0.2) is 26.4 Å². The van der Waals surface area contributed by atoms with Crippen molar-refractivity contribution in [2.45, 2.75) is 17.7 Å². The number of sulfonamides is 1. The van der Waals surface area contributed by atoms with Crippen molar-refractivity contribution in [2.24, 2.45) is 0 Å². The monoisotopic (exact) mass is 329 g/mol. The molecule has 0 aliphatic heterocycles. The van der Waals surface area contributed by atoms with Gasteiger partial charge in [0.2, 0.25) is 0 Å². The van der Waals surface area contributed by atoms with Gasteiger partial charge in [-0.1, -0.05) is 19.1 Å². The first-order valence-electron chi connectivity index (χ1n) is 6.35. The van der Waals surface area contributed by atoms with Crippen molar-refractivity contribution in [3.8, 4) is 5.75 Å². The fourth-order valence-electron chi connectivity index (χ4n) is 1.92. The Morgan fingerprint density at radius 3 is 2.62 bits per heavy atom. The van der Waals surface area contributed by atoms with Crippen molar-refractivity contribution in [1.82, 2.24) is 4.31 Å². The number of benzene rings is 1. The van der Waals surface area contributed by atoms with Crippen molar-refractivity contribution in [3.05, 3.63) is 47.1 Å². The van der Waals surface area contributed by atoms with Crippen LogP contribution in [0, 0.1) is 5.82 Å². The minimum Gasteiger partial charge on any atom is -0.494 e. The average molecular weight is 329 g/mol. The van der Waals surface area contributed by atoms with Crippen LogP contribution in [-0.2, 0) is 16.6 Å². The minimum atomic E-state index is -3.54. The Balaban J connectivity index is 2.26. The zero-order valence-corrected chi connectivity index (χ0v) is 13.4. The summed E-state index contributed by atoms with van der Waals surface area (Å²) in [6.07, 6.45) is 0. The van der Waals surface area contributed by atoms with Crippen LogP contribution in [0.15, 0.2) is 39.9 Å². The Morgan fingerprint density at radius 1 is 1.33 bits per heavy atom. The summed E-state index contributed by atoms with van der Waals surface area (Å²) in [6.45, 7) is 2.19. The number of halogens is 1. The second-order valence-corrected chi connectivity index (χ2v) is 7.44. The normalized spacial score (nSPS) is 11.8. The molecule has 0 amide bonds. The van der Waals surface area contributed by atoms with Crippen LogP contribution in [0.3, 0.4) is 0 Å². The van der Waals surface area contributed by atoms with Gasteiger partial charge >= 0.3 is 0 Å². The molecule has 0 aliphatic rings. The Labute approximate surface area is 127 Å². The molecule has 114 valence electrons. The highest BCUT2D eigenvalue weighted by atomic mass is 32.2. The molecule has 0 N–H and O–H groups in total. The molecule has 0 saturated heterocycles. The van der Waals surface area contributed by atoms with Gasteiger partial charge in [0.25, 0.3) is 10.0 Å². The van der Waals surface area contributed by atoms with E-state index in [2.05, 4.69) is 0 Å². The lowest BCUT2D eigenvalue weighted by Crippen LogP contribution is -2.29. The maximum atomic E-state index is 13.7. The predicted octanol–water partition coefficient (Wildman–Crippen LogP) is 3.11. The van der Waals surface area contributed by atoms with Crippen LogP contribution in [0.25, 0.3) is 0 Å². The fraction of sp³-hybridized carbons (Fsp3) is 0.286. The van der Waals surface area contributed by atoms with E-state index in [4.69, 9.17) is 4.74 Å². The third-order valence-corrected chi connectivity index (χ3v) is 6.31. The number of thiophene rings is 1. The van der Waals surface area contributed by atoms with Gasteiger partial charge in [0.1, 0.15) is 4.21 Å². The Bertz CT molecular complexity index is 699. The molecule has 21 heavy (non-hydrogen) atoms. The Hall–Kier alpha value is -1.44. The van der Waals surface area contributed by atoms with Crippen LogP contribution in [0.5, 0.6) is 5.75 Å². The van der Waals surface area contributed by atoms with E-state index < -0.39 is 15.8 Å². The molecular weight excluding hydrogens is 313 g/mol. The zero-order valence-electron chi connectivity index (χ0n) is 11.7. The fourth-order valence-corrected chi connectivity index (χ4v) is 4.50. The SMILES string of the molecule is CCN(Cc1ccc(OC)c(F)c1)S(=O)(=O)c1cccs1. The third-order valence-electron chi connectivity index (χ3n) is 3.02. The first-order valence-corrected chi connectivity index (χ1v) is 8.67. The average Bonchev–Trinajstić information content (AvgIpc) is 2.99. The highest BCUT2D eigenvalue weighted by Gasteiger charge is 2.24. The summed E-state index contributed by atoms with van der Waals surface area (Å²) in [5, 5.41) is 1.72. The van der Waals surface area contributed by atoms with Gasteiger partial charge in [0.15, 0.2) is 11.6 Å². The molecule has 1 heterocycles. The van der Waals surface area contributed by atoms with E-state index in [1.807, 2.05) is 0 Å². The lowest BCUT2D eigenvalue weighted by molar-refractivity contribution is 0.384. The van der Waals surface area contributed by atoms with Crippen molar-refractivity contribution in [3.63, 3.8) is 0 Å². The molecule has 0 saturated carbocycles. The van der Waals surface area contributed by atoms with Gasteiger partial charge in [-0.3, -0.25) is 0 Å². The predicted molar refractivity (Wildman–Crippen MR) is 80.5 cm³/mol. The molecule has 1 aromatic heterocycles. The van der Waals surface area contributed by atoms with Crippen molar-refractivity contribution in [1.29, 1.82) is 0 Å². The van der Waals surface area contributed by atoms with E-state index in [1.54, 1.807) is 30.5 Å². The molecule has 0 unspecified atom stereocenters. The van der Waals surface area contributed by atoms with Gasteiger partial charge < -0.3 is 4.74 Å². The smallest absolute Gasteiger partial charge is 0.252 e. The number of methoxy groups -OCH3 is 1. The summed E-state index contributed by atoms with van der Waals surface area (Å²) in [7, 11) is -2.15. The summed E-state index contributed by atoms with van der Waals surface area (Å²) in [5.41, 5.74) is 0.579. The highest BCUT2D eigenvalue weighted by molar-refractivity contribution is 7.91. The second kappa shape index (κ2) is 6.55. The van der Waals surface area contributed by atoms with Gasteiger partial charge in [-0.05, 0) is 29.1 Å². The molecule has 4 nitrogen and oxygen atoms in total. The lowest BCUT2D eigenvalue weighted by atomic mass is 10.2. The van der Waals surface area contributed by atoms with Crippen LogP contribution in [0.1, 0.15) is 12.5 Å². The molecule has 0 atom stereocenters. The second-order valence-electron chi connectivity index (χ2n) is 4.33. The summed E-state index contributed by atoms with van der Waals surface area (Å²) >= 11 is 1.17. The number of nitrogens with zero attached hydrogens (tertiary/aromatic N) is 1. The molecular formula is C14H16FNO3S2. The van der Waals surface area contributed by atoms with Gasteiger partial charge in [-0.2, -0.15) is 4.31 Å². The third kappa shape index (κ3) is 3.42. The largest absolute Gasteiger partial charge is 0.494 e. The van der Waals surface area contributed by atoms with E-state index in [9.17, 15) is 12.8 Å². The molecule has 0 spiro atoms. The molecule has 2 rings (SSSR count). The van der Waals surface area contributed by atoms with Gasteiger partial charge in [-0.25, -0.2) is 12.8 Å². The standard InChI is InChI=1S/C14H16FNO3S2/c1-3-16(21(17,18)14-5-4-8-20-14)10-11-6-7-13(19-2)12(15)9-11/h4-9H,3,10H2,1-2H3. The summed E-state index contributed by atoms with van der Waals surface area (Å²) in [5.74, 6) is -0.359. The number of ether oxygens (including phenoxy) is 1. The molecule has 1 aromatic carbocycles. The zero-order chi connectivity index (χ0) is 15.5. The van der Waals surface area contributed by atoms with Crippen molar-refractivity contribution < 1.29 is 17.5 Å². The van der Waals surface area contributed by atoms with E-state index in [-0.39, 0.29) is 12.3 Å². The van der Waals surface area contributed by atoms with E-state index >= 15 is 0 Å². The molecule has 0 aliphatic carbocycles. The van der Waals surface area contributed by atoms with Crippen molar-refractivity contribution in [2.75, 3.05) is 13.7 Å². The van der Waals surface area contributed by atoms with E-state index in [1.165, 1.54) is 34.9 Å². The van der Waals surface area contributed by atoms with E-state index in [0.29, 0.717) is 16.3 Å². The lowest BCUT2D eigenvalue weighted by Gasteiger charge is -2.19. The van der Waals surface area contributed by atoms with Crippen LogP contribution < -0.4 is 4.74 Å². The molecule has 0 radical (unpaired) electrons. The Kier molecular flexibility index (Phi) is 4.97. The first kappa shape index (κ1) is 15.9. The number of hydrogen-bond donors (Lipinski definition) is 0. The first-order chi connectivity index (χ1) is 9.98.